The standard InChI is InChI=1S/C76H134O6/c1-4-7-10-13-16-19-22-25-27-29-31-33-35-36-37-38-39-40-42-43-45-47-49-51-54-57-60-63-66-69-75(78)81-72-73(71-80-74(77)68-65-62-59-56-53-24-21-18-15-12-9-6-3)82-76(79)70-67-64-61-58-55-52-50-48-46-44-41-34-32-30-28-26-23-20-17-14-11-8-5-2/h7,10,16,18-19,21,23,25-27,30-33,73H,4-6,8-9,11-15,17,20,22,24,28-29,34-72H2,1-3H3/b10-7-,19-16-,21-18-,26-23-,27-25-,32-30-,33-31-. The summed E-state index contributed by atoms with van der Waals surface area (Å²) in [6.45, 7) is 6.53. The van der Waals surface area contributed by atoms with Crippen LogP contribution in [0.15, 0.2) is 85.1 Å². The highest BCUT2D eigenvalue weighted by molar-refractivity contribution is 5.71. The third-order valence-electron chi connectivity index (χ3n) is 15.6. The minimum Gasteiger partial charge on any atom is -0.462 e. The quantitative estimate of drug-likeness (QED) is 0.0261. The van der Waals surface area contributed by atoms with Gasteiger partial charge in [-0.15, -0.1) is 0 Å². The lowest BCUT2D eigenvalue weighted by Gasteiger charge is -2.18. The molecule has 1 unspecified atom stereocenters. The first-order valence-electron chi connectivity index (χ1n) is 35.6. The molecule has 0 aliphatic carbocycles. The van der Waals surface area contributed by atoms with Gasteiger partial charge in [0.15, 0.2) is 6.10 Å². The van der Waals surface area contributed by atoms with Crippen LogP contribution in [0.4, 0.5) is 0 Å². The average Bonchev–Trinajstić information content (AvgIpc) is 3.47. The Hall–Kier alpha value is -3.41. The first-order chi connectivity index (χ1) is 40.5. The molecule has 0 saturated carbocycles. The summed E-state index contributed by atoms with van der Waals surface area (Å²) in [5.41, 5.74) is 0. The van der Waals surface area contributed by atoms with Gasteiger partial charge in [0, 0.05) is 19.3 Å². The van der Waals surface area contributed by atoms with Crippen molar-refractivity contribution in [3.63, 3.8) is 0 Å². The second-order valence-corrected chi connectivity index (χ2v) is 23.8. The fraction of sp³-hybridized carbons (Fsp3) is 0.776. The summed E-state index contributed by atoms with van der Waals surface area (Å²) < 4.78 is 17.0. The first kappa shape index (κ1) is 78.6. The maximum atomic E-state index is 12.9. The van der Waals surface area contributed by atoms with E-state index in [9.17, 15) is 14.4 Å². The number of ether oxygens (including phenoxy) is 3. The van der Waals surface area contributed by atoms with Crippen LogP contribution in [0, 0.1) is 0 Å². The summed E-state index contributed by atoms with van der Waals surface area (Å²) in [6.07, 6.45) is 93.3. The van der Waals surface area contributed by atoms with Crippen LogP contribution in [-0.4, -0.2) is 37.2 Å². The van der Waals surface area contributed by atoms with Crippen molar-refractivity contribution in [3.8, 4) is 0 Å². The van der Waals surface area contributed by atoms with E-state index >= 15 is 0 Å². The van der Waals surface area contributed by atoms with Crippen molar-refractivity contribution in [2.45, 2.75) is 367 Å². The molecule has 0 aromatic heterocycles. The second-order valence-electron chi connectivity index (χ2n) is 23.8. The molecule has 0 amide bonds. The number of esters is 3. The smallest absolute Gasteiger partial charge is 0.306 e. The van der Waals surface area contributed by atoms with Crippen molar-refractivity contribution in [2.75, 3.05) is 13.2 Å². The molecule has 0 saturated heterocycles. The number of carbonyl (C=O) groups excluding carboxylic acids is 3. The molecule has 0 rings (SSSR count). The van der Waals surface area contributed by atoms with Crippen molar-refractivity contribution < 1.29 is 28.6 Å². The van der Waals surface area contributed by atoms with E-state index < -0.39 is 6.10 Å². The first-order valence-corrected chi connectivity index (χ1v) is 35.6. The molecule has 1 atom stereocenters. The van der Waals surface area contributed by atoms with Crippen LogP contribution < -0.4 is 0 Å². The van der Waals surface area contributed by atoms with E-state index in [2.05, 4.69) is 106 Å². The monoisotopic (exact) mass is 1140 g/mol. The predicted molar refractivity (Wildman–Crippen MR) is 358 cm³/mol. The van der Waals surface area contributed by atoms with Crippen molar-refractivity contribution in [3.05, 3.63) is 85.1 Å². The fourth-order valence-corrected chi connectivity index (χ4v) is 10.3. The Morgan fingerprint density at radius 1 is 0.256 bits per heavy atom. The van der Waals surface area contributed by atoms with Gasteiger partial charge in [0.25, 0.3) is 0 Å². The van der Waals surface area contributed by atoms with Gasteiger partial charge in [0.05, 0.1) is 0 Å². The highest BCUT2D eigenvalue weighted by Crippen LogP contribution is 2.18. The Bertz CT molecular complexity index is 1550. The molecule has 0 aliphatic heterocycles. The van der Waals surface area contributed by atoms with Crippen LogP contribution in [0.1, 0.15) is 361 Å². The summed E-state index contributed by atoms with van der Waals surface area (Å²) >= 11 is 0. The van der Waals surface area contributed by atoms with E-state index in [1.807, 2.05) is 0 Å². The molecule has 0 aromatic rings. The van der Waals surface area contributed by atoms with Crippen LogP contribution in [0.5, 0.6) is 0 Å². The zero-order valence-corrected chi connectivity index (χ0v) is 54.5. The molecule has 82 heavy (non-hydrogen) atoms. The minimum absolute atomic E-state index is 0.0765. The predicted octanol–water partition coefficient (Wildman–Crippen LogP) is 24.6. The number of rotatable bonds is 65. The Labute approximate surface area is 509 Å². The Morgan fingerprint density at radius 2 is 0.476 bits per heavy atom. The molecule has 0 aliphatic rings. The lowest BCUT2D eigenvalue weighted by molar-refractivity contribution is -0.167. The van der Waals surface area contributed by atoms with Crippen molar-refractivity contribution >= 4 is 17.9 Å². The second kappa shape index (κ2) is 70.1. The van der Waals surface area contributed by atoms with E-state index in [0.717, 1.165) is 96.3 Å². The fourth-order valence-electron chi connectivity index (χ4n) is 10.3. The van der Waals surface area contributed by atoms with Crippen molar-refractivity contribution in [1.82, 2.24) is 0 Å². The normalized spacial score (nSPS) is 12.6. The Kier molecular flexibility index (Phi) is 67.2. The Morgan fingerprint density at radius 3 is 0.780 bits per heavy atom. The van der Waals surface area contributed by atoms with Gasteiger partial charge >= 0.3 is 17.9 Å². The topological polar surface area (TPSA) is 78.9 Å². The van der Waals surface area contributed by atoms with Gasteiger partial charge in [-0.25, -0.2) is 0 Å². The largest absolute Gasteiger partial charge is 0.462 e. The number of unbranched alkanes of at least 4 members (excludes halogenated alkanes) is 40. The van der Waals surface area contributed by atoms with Crippen LogP contribution in [0.25, 0.3) is 0 Å². The molecule has 0 radical (unpaired) electrons. The van der Waals surface area contributed by atoms with E-state index in [-0.39, 0.29) is 31.1 Å². The van der Waals surface area contributed by atoms with Crippen LogP contribution >= 0.6 is 0 Å². The molecule has 6 heteroatoms. The van der Waals surface area contributed by atoms with E-state index in [0.29, 0.717) is 19.3 Å². The minimum atomic E-state index is -0.781. The molecule has 0 spiro atoms. The highest BCUT2D eigenvalue weighted by Gasteiger charge is 2.19. The zero-order chi connectivity index (χ0) is 59.2. The molecular weight excluding hydrogens is 1010 g/mol. The average molecular weight is 1140 g/mol. The van der Waals surface area contributed by atoms with Gasteiger partial charge in [0.2, 0.25) is 0 Å². The summed E-state index contributed by atoms with van der Waals surface area (Å²) in [5, 5.41) is 0. The van der Waals surface area contributed by atoms with Gasteiger partial charge in [-0.05, 0) is 116 Å². The van der Waals surface area contributed by atoms with E-state index in [1.165, 1.54) is 225 Å². The van der Waals surface area contributed by atoms with Gasteiger partial charge in [0.1, 0.15) is 13.2 Å². The Balaban J connectivity index is 4.22. The van der Waals surface area contributed by atoms with Crippen LogP contribution in [0.2, 0.25) is 0 Å². The van der Waals surface area contributed by atoms with E-state index in [1.54, 1.807) is 0 Å². The van der Waals surface area contributed by atoms with Gasteiger partial charge in [-0.1, -0.05) is 311 Å². The zero-order valence-electron chi connectivity index (χ0n) is 54.5. The van der Waals surface area contributed by atoms with Crippen LogP contribution in [0.3, 0.4) is 0 Å². The highest BCUT2D eigenvalue weighted by atomic mass is 16.6. The molecule has 0 fully saturated rings. The molecule has 0 bridgehead atoms. The van der Waals surface area contributed by atoms with Crippen molar-refractivity contribution in [2.24, 2.45) is 0 Å². The third kappa shape index (κ3) is 67.4. The lowest BCUT2D eigenvalue weighted by atomic mass is 10.0. The van der Waals surface area contributed by atoms with Gasteiger partial charge in [-0.2, -0.15) is 0 Å². The molecule has 6 nitrogen and oxygen atoms in total. The number of hydrogen-bond donors (Lipinski definition) is 0. The lowest BCUT2D eigenvalue weighted by Crippen LogP contribution is -2.30. The SMILES string of the molecule is CC/C=C\C/C=C\C/C=C\C/C=C\CCCCCCCCCCCCCCCCCCC(=O)OCC(COC(=O)CCCCCCC/C=C\CCCCC)OC(=O)CCCCCCCCCCCCC/C=C\C/C=C\CCCCCCC. The number of carbonyl (C=O) groups is 3. The third-order valence-corrected chi connectivity index (χ3v) is 15.6. The van der Waals surface area contributed by atoms with Gasteiger partial charge < -0.3 is 14.2 Å². The van der Waals surface area contributed by atoms with Crippen LogP contribution in [-0.2, 0) is 28.6 Å². The summed E-state index contributed by atoms with van der Waals surface area (Å²) in [6, 6.07) is 0. The number of hydrogen-bond acceptors (Lipinski definition) is 6. The van der Waals surface area contributed by atoms with E-state index in [4.69, 9.17) is 14.2 Å². The summed E-state index contributed by atoms with van der Waals surface area (Å²) in [5.74, 6) is -0.869. The molecule has 0 aromatic carbocycles. The van der Waals surface area contributed by atoms with Crippen molar-refractivity contribution in [1.29, 1.82) is 0 Å². The summed E-state index contributed by atoms with van der Waals surface area (Å²) in [4.78, 5) is 38.4. The maximum absolute atomic E-state index is 12.9. The number of allylic oxidation sites excluding steroid dienone is 14. The molecule has 474 valence electrons. The van der Waals surface area contributed by atoms with Gasteiger partial charge in [-0.3, -0.25) is 14.4 Å². The maximum Gasteiger partial charge on any atom is 0.306 e. The molecular formula is C76H134O6. The molecule has 0 N–H and O–H groups in total. The summed E-state index contributed by atoms with van der Waals surface area (Å²) in [7, 11) is 0. The molecule has 0 heterocycles.